The Morgan fingerprint density at radius 1 is 1.08 bits per heavy atom. The lowest BCUT2D eigenvalue weighted by atomic mass is 9.96. The molecule has 1 aromatic heterocycles. The smallest absolute Gasteiger partial charge is 0.231 e. The number of carbonyl (C=O) groups excluding carboxylic acids is 1. The predicted molar refractivity (Wildman–Crippen MR) is 87.1 cm³/mol. The van der Waals surface area contributed by atoms with E-state index in [4.69, 9.17) is 14.0 Å². The molecule has 2 aliphatic heterocycles. The van der Waals surface area contributed by atoms with Gasteiger partial charge in [-0.1, -0.05) is 5.16 Å². The van der Waals surface area contributed by atoms with Crippen LogP contribution in [0, 0.1) is 5.92 Å². The molecular formula is C18H19N3O4. The molecule has 25 heavy (non-hydrogen) atoms. The molecule has 7 heteroatoms. The fourth-order valence-electron chi connectivity index (χ4n) is 3.49. The fourth-order valence-corrected chi connectivity index (χ4v) is 3.49. The van der Waals surface area contributed by atoms with Gasteiger partial charge in [0.1, 0.15) is 0 Å². The molecule has 0 atom stereocenters. The summed E-state index contributed by atoms with van der Waals surface area (Å²) in [5.41, 5.74) is 0.848. The average Bonchev–Trinajstić information content (AvgIpc) is 3.19. The third kappa shape index (κ3) is 2.73. The predicted octanol–water partition coefficient (Wildman–Crippen LogP) is 2.58. The highest BCUT2D eigenvalue weighted by Gasteiger charge is 2.36. The van der Waals surface area contributed by atoms with Crippen LogP contribution in [-0.2, 0) is 4.79 Å². The zero-order chi connectivity index (χ0) is 16.8. The average molecular weight is 341 g/mol. The van der Waals surface area contributed by atoms with Gasteiger partial charge in [0.15, 0.2) is 11.5 Å². The third-order valence-corrected chi connectivity index (χ3v) is 5.15. The molecule has 1 aromatic carbocycles. The van der Waals surface area contributed by atoms with Gasteiger partial charge in [-0.05, 0) is 43.9 Å². The highest BCUT2D eigenvalue weighted by molar-refractivity contribution is 5.81. The summed E-state index contributed by atoms with van der Waals surface area (Å²) in [6, 6.07) is 5.63. The molecule has 3 heterocycles. The van der Waals surface area contributed by atoms with Gasteiger partial charge < -0.3 is 18.9 Å². The molecule has 2 fully saturated rings. The first-order valence-corrected chi connectivity index (χ1v) is 8.80. The number of ether oxygens (including phenoxy) is 2. The summed E-state index contributed by atoms with van der Waals surface area (Å²) < 4.78 is 16.2. The molecule has 1 amide bonds. The van der Waals surface area contributed by atoms with E-state index in [1.165, 1.54) is 0 Å². The van der Waals surface area contributed by atoms with Crippen molar-refractivity contribution in [2.24, 2.45) is 5.92 Å². The summed E-state index contributed by atoms with van der Waals surface area (Å²) in [6.45, 7) is 1.80. The lowest BCUT2D eigenvalue weighted by molar-refractivity contribution is -0.133. The van der Waals surface area contributed by atoms with Gasteiger partial charge in [0.05, 0.1) is 0 Å². The van der Waals surface area contributed by atoms with Crippen LogP contribution in [0.5, 0.6) is 11.5 Å². The van der Waals surface area contributed by atoms with Crippen LogP contribution >= 0.6 is 0 Å². The van der Waals surface area contributed by atoms with E-state index in [1.54, 1.807) is 0 Å². The number of aromatic nitrogens is 2. The van der Waals surface area contributed by atoms with Crippen molar-refractivity contribution in [2.75, 3.05) is 19.9 Å². The normalized spacial score (nSPS) is 20.1. The first-order chi connectivity index (χ1) is 12.3. The molecule has 3 aliphatic rings. The maximum absolute atomic E-state index is 12.1. The van der Waals surface area contributed by atoms with Crippen molar-refractivity contribution in [1.29, 1.82) is 0 Å². The molecule has 2 aromatic rings. The second kappa shape index (κ2) is 5.75. The number of hydrogen-bond acceptors (Lipinski definition) is 6. The second-order valence-corrected chi connectivity index (χ2v) is 6.90. The molecule has 7 nitrogen and oxygen atoms in total. The van der Waals surface area contributed by atoms with E-state index in [2.05, 4.69) is 10.1 Å². The highest BCUT2D eigenvalue weighted by Crippen LogP contribution is 2.37. The van der Waals surface area contributed by atoms with Crippen LogP contribution in [0.1, 0.15) is 37.5 Å². The Morgan fingerprint density at radius 2 is 1.88 bits per heavy atom. The van der Waals surface area contributed by atoms with Crippen LogP contribution in [0.15, 0.2) is 22.7 Å². The molecule has 1 saturated heterocycles. The number of amides is 1. The summed E-state index contributed by atoms with van der Waals surface area (Å²) in [5, 5.41) is 4.12. The molecule has 1 saturated carbocycles. The molecule has 0 unspecified atom stereocenters. The standard InChI is InChI=1S/C18H19N3O4/c22-18(12-1-2-12)21-7-5-11(6-8-21)17-19-16(20-25-17)13-3-4-14-15(9-13)24-10-23-14/h3-4,9,11-12H,1-2,5-8,10H2. The lowest BCUT2D eigenvalue weighted by Crippen LogP contribution is -2.38. The Kier molecular flexibility index (Phi) is 3.39. The summed E-state index contributed by atoms with van der Waals surface area (Å²) in [7, 11) is 0. The van der Waals surface area contributed by atoms with Crippen LogP contribution in [0.3, 0.4) is 0 Å². The molecule has 0 spiro atoms. The van der Waals surface area contributed by atoms with Crippen LogP contribution in [0.25, 0.3) is 11.4 Å². The van der Waals surface area contributed by atoms with Crippen LogP contribution in [0.4, 0.5) is 0 Å². The van der Waals surface area contributed by atoms with E-state index >= 15 is 0 Å². The van der Waals surface area contributed by atoms with Crippen LogP contribution < -0.4 is 9.47 Å². The van der Waals surface area contributed by atoms with Gasteiger partial charge in [-0.15, -0.1) is 0 Å². The van der Waals surface area contributed by atoms with Gasteiger partial charge in [0.25, 0.3) is 0 Å². The maximum Gasteiger partial charge on any atom is 0.231 e. The van der Waals surface area contributed by atoms with Crippen LogP contribution in [-0.4, -0.2) is 40.8 Å². The summed E-state index contributed by atoms with van der Waals surface area (Å²) in [5.74, 6) is 3.49. The van der Waals surface area contributed by atoms with Crippen molar-refractivity contribution in [2.45, 2.75) is 31.6 Å². The van der Waals surface area contributed by atoms with Gasteiger partial charge in [0, 0.05) is 30.5 Å². The van der Waals surface area contributed by atoms with E-state index in [0.29, 0.717) is 23.4 Å². The number of rotatable bonds is 3. The number of piperidine rings is 1. The monoisotopic (exact) mass is 341 g/mol. The van der Waals surface area contributed by atoms with E-state index in [1.807, 2.05) is 23.1 Å². The minimum Gasteiger partial charge on any atom is -0.454 e. The number of fused-ring (bicyclic) bond motifs is 1. The first-order valence-electron chi connectivity index (χ1n) is 8.80. The topological polar surface area (TPSA) is 77.7 Å². The zero-order valence-corrected chi connectivity index (χ0v) is 13.8. The van der Waals surface area contributed by atoms with Crippen molar-refractivity contribution in [1.82, 2.24) is 15.0 Å². The van der Waals surface area contributed by atoms with Crippen molar-refractivity contribution in [3.63, 3.8) is 0 Å². The lowest BCUT2D eigenvalue weighted by Gasteiger charge is -2.30. The molecular weight excluding hydrogens is 322 g/mol. The minimum atomic E-state index is 0.221. The third-order valence-electron chi connectivity index (χ3n) is 5.15. The van der Waals surface area contributed by atoms with E-state index in [-0.39, 0.29) is 18.6 Å². The van der Waals surface area contributed by atoms with E-state index < -0.39 is 0 Å². The Labute approximate surface area is 144 Å². The summed E-state index contributed by atoms with van der Waals surface area (Å²) in [6.07, 6.45) is 3.87. The zero-order valence-electron chi connectivity index (χ0n) is 13.8. The first kappa shape index (κ1) is 14.7. The highest BCUT2D eigenvalue weighted by atomic mass is 16.7. The van der Waals surface area contributed by atoms with Crippen LogP contribution in [0.2, 0.25) is 0 Å². The summed E-state index contributed by atoms with van der Waals surface area (Å²) in [4.78, 5) is 18.7. The fraction of sp³-hybridized carbons (Fsp3) is 0.500. The molecule has 130 valence electrons. The van der Waals surface area contributed by atoms with Gasteiger partial charge in [-0.25, -0.2) is 0 Å². The molecule has 5 rings (SSSR count). The van der Waals surface area contributed by atoms with Gasteiger partial charge in [-0.3, -0.25) is 4.79 Å². The van der Waals surface area contributed by atoms with E-state index in [9.17, 15) is 4.79 Å². The SMILES string of the molecule is O=C(C1CC1)N1CCC(c2nc(-c3ccc4c(c3)OCO4)no2)CC1. The Bertz CT molecular complexity index is 806. The molecule has 0 N–H and O–H groups in total. The number of nitrogens with zero attached hydrogens (tertiary/aromatic N) is 3. The van der Waals surface area contributed by atoms with Crippen molar-refractivity contribution in [3.8, 4) is 22.9 Å². The second-order valence-electron chi connectivity index (χ2n) is 6.90. The van der Waals surface area contributed by atoms with Gasteiger partial charge in [0.2, 0.25) is 24.4 Å². The number of likely N-dealkylation sites (tertiary alicyclic amines) is 1. The Balaban J connectivity index is 1.28. The number of carbonyl (C=O) groups is 1. The summed E-state index contributed by atoms with van der Waals surface area (Å²) >= 11 is 0. The Morgan fingerprint density at radius 3 is 2.68 bits per heavy atom. The minimum absolute atomic E-state index is 0.221. The quantitative estimate of drug-likeness (QED) is 0.854. The number of hydrogen-bond donors (Lipinski definition) is 0. The molecule has 0 radical (unpaired) electrons. The van der Waals surface area contributed by atoms with Crippen molar-refractivity contribution < 1.29 is 18.8 Å². The molecule has 1 aliphatic carbocycles. The largest absolute Gasteiger partial charge is 0.454 e. The van der Waals surface area contributed by atoms with Gasteiger partial charge >= 0.3 is 0 Å². The van der Waals surface area contributed by atoms with E-state index in [0.717, 1.165) is 50.1 Å². The Hall–Kier alpha value is -2.57. The van der Waals surface area contributed by atoms with Crippen molar-refractivity contribution in [3.05, 3.63) is 24.1 Å². The van der Waals surface area contributed by atoms with Gasteiger partial charge in [-0.2, -0.15) is 4.98 Å². The maximum atomic E-state index is 12.1. The van der Waals surface area contributed by atoms with Crippen molar-refractivity contribution >= 4 is 5.91 Å². The number of benzene rings is 1. The molecule has 0 bridgehead atoms.